The molecule has 116 valence electrons. The van der Waals surface area contributed by atoms with Crippen molar-refractivity contribution in [2.24, 2.45) is 9.98 Å². The molecular weight excluding hydrogens is 277 g/mol. The molecule has 0 unspecified atom stereocenters. The highest BCUT2D eigenvalue weighted by Gasteiger charge is 2.21. The first-order valence-corrected chi connectivity index (χ1v) is 6.88. The van der Waals surface area contributed by atoms with E-state index in [1.165, 1.54) is 0 Å². The van der Waals surface area contributed by atoms with E-state index < -0.39 is 0 Å². The Kier molecular flexibility index (Phi) is 5.40. The van der Waals surface area contributed by atoms with Crippen LogP contribution in [0.15, 0.2) is 21.4 Å². The van der Waals surface area contributed by atoms with Gasteiger partial charge in [-0.25, -0.2) is 10.1 Å². The molecule has 2 heterocycles. The summed E-state index contributed by atoms with van der Waals surface area (Å²) >= 11 is 0. The van der Waals surface area contributed by atoms with Crippen LogP contribution in [0, 0.1) is 0 Å². The zero-order valence-electron chi connectivity index (χ0n) is 12.3. The molecule has 0 bridgehead atoms. The summed E-state index contributed by atoms with van der Waals surface area (Å²) in [6, 6.07) is 0. The number of amides is 1. The number of morpholine rings is 1. The fourth-order valence-corrected chi connectivity index (χ4v) is 2.16. The van der Waals surface area contributed by atoms with Crippen molar-refractivity contribution >= 4 is 18.0 Å². The first-order valence-electron chi connectivity index (χ1n) is 6.88. The highest BCUT2D eigenvalue weighted by atomic mass is 19.2. The van der Waals surface area contributed by atoms with E-state index in [0.29, 0.717) is 42.1 Å². The number of nitrogens with zero attached hydrogens (tertiary/aromatic N) is 4. The monoisotopic (exact) mass is 297 g/mol. The number of ether oxygens (including phenoxy) is 1. The number of aliphatic imine (C=N–C) groups is 2. The molecule has 0 aromatic carbocycles. The molecule has 0 spiro atoms. The molecular formula is C13H20FN5O2. The predicted octanol–water partition coefficient (Wildman–Crippen LogP) is -0.0345. The summed E-state index contributed by atoms with van der Waals surface area (Å²) in [6.07, 6.45) is 1.13. The quantitative estimate of drug-likeness (QED) is 0.740. The molecule has 21 heavy (non-hydrogen) atoms. The molecule has 8 heteroatoms. The number of rotatable bonds is 4. The number of hydrogen-bond donors (Lipinski definition) is 1. The van der Waals surface area contributed by atoms with Gasteiger partial charge in [-0.05, 0) is 6.92 Å². The molecule has 2 rings (SSSR count). The van der Waals surface area contributed by atoms with Crippen LogP contribution in [0.2, 0.25) is 0 Å². The molecule has 2 aliphatic rings. The van der Waals surface area contributed by atoms with Crippen molar-refractivity contribution in [1.82, 2.24) is 15.3 Å². The number of hydrogen-bond acceptors (Lipinski definition) is 5. The Labute approximate surface area is 123 Å². The van der Waals surface area contributed by atoms with Crippen molar-refractivity contribution in [3.8, 4) is 0 Å². The Hall–Kier alpha value is -1.80. The smallest absolute Gasteiger partial charge is 0.267 e. The Morgan fingerprint density at radius 1 is 1.57 bits per heavy atom. The van der Waals surface area contributed by atoms with E-state index in [4.69, 9.17) is 4.74 Å². The Morgan fingerprint density at radius 2 is 2.29 bits per heavy atom. The minimum atomic E-state index is -0.377. The van der Waals surface area contributed by atoms with Crippen LogP contribution in [-0.2, 0) is 9.53 Å². The second kappa shape index (κ2) is 7.28. The van der Waals surface area contributed by atoms with Crippen molar-refractivity contribution in [1.29, 1.82) is 0 Å². The van der Waals surface area contributed by atoms with E-state index in [9.17, 15) is 9.28 Å². The lowest BCUT2D eigenvalue weighted by atomic mass is 10.2. The maximum absolute atomic E-state index is 14.2. The Morgan fingerprint density at radius 3 is 2.95 bits per heavy atom. The topological polar surface area (TPSA) is 69.5 Å². The molecule has 1 saturated heterocycles. The van der Waals surface area contributed by atoms with E-state index in [0.717, 1.165) is 19.3 Å². The third kappa shape index (κ3) is 4.08. The molecule has 2 aliphatic heterocycles. The van der Waals surface area contributed by atoms with Gasteiger partial charge in [-0.2, -0.15) is 0 Å². The van der Waals surface area contributed by atoms with E-state index in [1.807, 2.05) is 0 Å². The van der Waals surface area contributed by atoms with Crippen molar-refractivity contribution in [3.63, 3.8) is 0 Å². The van der Waals surface area contributed by atoms with Gasteiger partial charge in [0.1, 0.15) is 5.70 Å². The standard InChI is InChI=1S/C13H20FN5O2/c1-10(12-13(15-2)16-9-11(20)17-12)19(14)4-3-18-5-7-21-8-6-18/h9H,3-8H2,1-2H3,(H,17,20)/b12-10-,15-13?. The van der Waals surface area contributed by atoms with Crippen molar-refractivity contribution < 1.29 is 14.0 Å². The van der Waals surface area contributed by atoms with Gasteiger partial charge >= 0.3 is 0 Å². The summed E-state index contributed by atoms with van der Waals surface area (Å²) in [5.74, 6) is -0.0561. The van der Waals surface area contributed by atoms with Gasteiger partial charge in [-0.15, -0.1) is 4.48 Å². The average molecular weight is 297 g/mol. The molecule has 0 aromatic rings. The normalized spacial score (nSPS) is 24.1. The van der Waals surface area contributed by atoms with Crippen LogP contribution in [0.25, 0.3) is 0 Å². The second-order valence-corrected chi connectivity index (χ2v) is 4.79. The van der Waals surface area contributed by atoms with E-state index in [1.54, 1.807) is 14.0 Å². The number of carbonyl (C=O) groups is 1. The van der Waals surface area contributed by atoms with Gasteiger partial charge in [0, 0.05) is 26.7 Å². The van der Waals surface area contributed by atoms with Crippen molar-refractivity contribution in [3.05, 3.63) is 11.4 Å². The third-order valence-corrected chi connectivity index (χ3v) is 3.43. The van der Waals surface area contributed by atoms with Crippen LogP contribution in [0.1, 0.15) is 6.92 Å². The molecule has 1 fully saturated rings. The van der Waals surface area contributed by atoms with Gasteiger partial charge in [-0.1, -0.05) is 0 Å². The molecule has 7 nitrogen and oxygen atoms in total. The van der Waals surface area contributed by atoms with Crippen LogP contribution < -0.4 is 5.32 Å². The molecule has 1 amide bonds. The molecule has 0 aromatic heterocycles. The first kappa shape index (κ1) is 15.6. The fourth-order valence-electron chi connectivity index (χ4n) is 2.16. The molecule has 0 radical (unpaired) electrons. The number of carbonyl (C=O) groups excluding carboxylic acids is 1. The molecule has 1 N–H and O–H groups in total. The molecule has 0 saturated carbocycles. The second-order valence-electron chi connectivity index (χ2n) is 4.79. The predicted molar refractivity (Wildman–Crippen MR) is 77.8 cm³/mol. The fraction of sp³-hybridized carbons (Fsp3) is 0.615. The van der Waals surface area contributed by atoms with E-state index >= 15 is 0 Å². The van der Waals surface area contributed by atoms with Crippen LogP contribution >= 0.6 is 0 Å². The van der Waals surface area contributed by atoms with Gasteiger partial charge in [0.15, 0.2) is 5.84 Å². The summed E-state index contributed by atoms with van der Waals surface area (Å²) in [4.78, 5) is 21.3. The van der Waals surface area contributed by atoms with Gasteiger partial charge in [-0.3, -0.25) is 14.7 Å². The summed E-state index contributed by atoms with van der Waals surface area (Å²) < 4.78 is 19.5. The first-order chi connectivity index (χ1) is 10.1. The average Bonchev–Trinajstić information content (AvgIpc) is 2.52. The largest absolute Gasteiger partial charge is 0.379 e. The lowest BCUT2D eigenvalue weighted by molar-refractivity contribution is -0.113. The van der Waals surface area contributed by atoms with Gasteiger partial charge in [0.05, 0.1) is 31.7 Å². The zero-order valence-corrected chi connectivity index (χ0v) is 12.3. The van der Waals surface area contributed by atoms with Crippen LogP contribution in [0.4, 0.5) is 4.48 Å². The number of amidine groups is 1. The van der Waals surface area contributed by atoms with Gasteiger partial charge in [0.25, 0.3) is 5.91 Å². The van der Waals surface area contributed by atoms with Gasteiger partial charge < -0.3 is 10.1 Å². The third-order valence-electron chi connectivity index (χ3n) is 3.43. The number of allylic oxidation sites excluding steroid dienone is 1. The molecule has 0 atom stereocenters. The minimum absolute atomic E-state index is 0.214. The maximum atomic E-state index is 14.2. The summed E-state index contributed by atoms with van der Waals surface area (Å²) in [7, 11) is 1.55. The summed E-state index contributed by atoms with van der Waals surface area (Å²) in [5.41, 5.74) is 0.614. The minimum Gasteiger partial charge on any atom is -0.379 e. The van der Waals surface area contributed by atoms with Crippen molar-refractivity contribution in [2.45, 2.75) is 6.92 Å². The van der Waals surface area contributed by atoms with Crippen LogP contribution in [-0.4, -0.2) is 74.4 Å². The lowest BCUT2D eigenvalue weighted by Gasteiger charge is -2.28. The SMILES string of the molecule is CN=C1N=CC(=O)N/C1=C(/C)N(F)CCN1CCOCC1. The van der Waals surface area contributed by atoms with Crippen LogP contribution in [0.5, 0.6) is 0 Å². The van der Waals surface area contributed by atoms with Crippen LogP contribution in [0.3, 0.4) is 0 Å². The lowest BCUT2D eigenvalue weighted by Crippen LogP contribution is -2.40. The van der Waals surface area contributed by atoms with E-state index in [-0.39, 0.29) is 12.5 Å². The summed E-state index contributed by atoms with van der Waals surface area (Å²) in [6.45, 7) is 5.40. The zero-order chi connectivity index (χ0) is 15.2. The van der Waals surface area contributed by atoms with Gasteiger partial charge in [0.2, 0.25) is 0 Å². The Balaban J connectivity index is 1.99. The highest BCUT2D eigenvalue weighted by molar-refractivity contribution is 6.33. The maximum Gasteiger partial charge on any atom is 0.267 e. The summed E-state index contributed by atoms with van der Waals surface area (Å²) in [5, 5.41) is 3.20. The van der Waals surface area contributed by atoms with E-state index in [2.05, 4.69) is 20.2 Å². The van der Waals surface area contributed by atoms with Crippen molar-refractivity contribution in [2.75, 3.05) is 46.4 Å². The number of nitrogens with one attached hydrogen (secondary N) is 1. The number of halogens is 1. The highest BCUT2D eigenvalue weighted by Crippen LogP contribution is 2.13. The molecule has 0 aliphatic carbocycles. The Bertz CT molecular complexity index is 483.